The summed E-state index contributed by atoms with van der Waals surface area (Å²) in [5.74, 6) is 0.320. The molecule has 3 heteroatoms. The maximum absolute atomic E-state index is 10.0. The Balaban J connectivity index is 2.05. The molecule has 1 aromatic rings. The van der Waals surface area contributed by atoms with Gasteiger partial charge in [-0.25, -0.2) is 0 Å². The number of benzene rings is 1. The first-order valence-electron chi connectivity index (χ1n) is 8.88. The number of piperazine rings is 1. The van der Waals surface area contributed by atoms with E-state index in [0.29, 0.717) is 5.92 Å². The van der Waals surface area contributed by atoms with Gasteiger partial charge in [-0.3, -0.25) is 0 Å². The van der Waals surface area contributed by atoms with E-state index in [1.165, 1.54) is 11.1 Å². The van der Waals surface area contributed by atoms with E-state index in [-0.39, 0.29) is 5.41 Å². The molecule has 1 saturated heterocycles. The van der Waals surface area contributed by atoms with Gasteiger partial charge in [0.15, 0.2) is 0 Å². The van der Waals surface area contributed by atoms with Gasteiger partial charge in [-0.15, -0.1) is 0 Å². The van der Waals surface area contributed by atoms with Gasteiger partial charge < -0.3 is 9.80 Å². The van der Waals surface area contributed by atoms with E-state index in [9.17, 15) is 5.26 Å². The zero-order valence-electron chi connectivity index (χ0n) is 15.2. The minimum absolute atomic E-state index is 0.320. The third-order valence-electron chi connectivity index (χ3n) is 5.45. The minimum Gasteiger partial charge on any atom is -0.304 e. The van der Waals surface area contributed by atoms with Crippen LogP contribution in [0.3, 0.4) is 0 Å². The standard InChI is InChI=1S/C20H31N3/c1-17(2)20(16-21,19-9-6-5-8-18(19)3)10-7-11-23-14-12-22(4)13-15-23/h5-6,8-9,17H,7,10-15H2,1-4H3. The zero-order valence-corrected chi connectivity index (χ0v) is 15.2. The number of hydrogen-bond donors (Lipinski definition) is 0. The van der Waals surface area contributed by atoms with E-state index in [1.807, 2.05) is 0 Å². The molecule has 1 aromatic carbocycles. The molecular formula is C20H31N3. The molecule has 0 spiro atoms. The van der Waals surface area contributed by atoms with Crippen molar-refractivity contribution in [2.75, 3.05) is 39.8 Å². The zero-order chi connectivity index (χ0) is 16.9. The summed E-state index contributed by atoms with van der Waals surface area (Å²) in [5, 5.41) is 10.0. The highest BCUT2D eigenvalue weighted by Gasteiger charge is 2.36. The smallest absolute Gasteiger partial charge is 0.0848 e. The van der Waals surface area contributed by atoms with Gasteiger partial charge in [-0.1, -0.05) is 38.1 Å². The van der Waals surface area contributed by atoms with Gasteiger partial charge in [0.05, 0.1) is 11.5 Å². The number of nitriles is 1. The van der Waals surface area contributed by atoms with Crippen LogP contribution in [0.5, 0.6) is 0 Å². The summed E-state index contributed by atoms with van der Waals surface area (Å²) >= 11 is 0. The number of nitrogens with zero attached hydrogens (tertiary/aromatic N) is 3. The summed E-state index contributed by atoms with van der Waals surface area (Å²) in [6, 6.07) is 11.1. The Labute approximate surface area is 141 Å². The predicted octanol–water partition coefficient (Wildman–Crippen LogP) is 3.44. The number of likely N-dealkylation sites (N-methyl/N-ethyl adjacent to an activating group) is 1. The van der Waals surface area contributed by atoms with Crippen molar-refractivity contribution in [2.45, 2.75) is 39.0 Å². The molecule has 0 saturated carbocycles. The molecular weight excluding hydrogens is 282 g/mol. The summed E-state index contributed by atoms with van der Waals surface area (Å²) in [6.07, 6.45) is 2.03. The Bertz CT molecular complexity index is 538. The van der Waals surface area contributed by atoms with Crippen LogP contribution in [0.15, 0.2) is 24.3 Å². The lowest BCUT2D eigenvalue weighted by Gasteiger charge is -2.35. The van der Waals surface area contributed by atoms with Crippen molar-refractivity contribution in [3.05, 3.63) is 35.4 Å². The third kappa shape index (κ3) is 4.13. The minimum atomic E-state index is -0.363. The lowest BCUT2D eigenvalue weighted by molar-refractivity contribution is 0.149. The van der Waals surface area contributed by atoms with Crippen LogP contribution in [0.2, 0.25) is 0 Å². The molecule has 0 radical (unpaired) electrons. The van der Waals surface area contributed by atoms with Gasteiger partial charge in [0.25, 0.3) is 0 Å². The maximum atomic E-state index is 10.0. The third-order valence-corrected chi connectivity index (χ3v) is 5.45. The Kier molecular flexibility index (Phi) is 6.21. The number of rotatable bonds is 6. The Morgan fingerprint density at radius 3 is 2.39 bits per heavy atom. The van der Waals surface area contributed by atoms with Crippen molar-refractivity contribution in [2.24, 2.45) is 5.92 Å². The van der Waals surface area contributed by atoms with Crippen molar-refractivity contribution in [3.8, 4) is 6.07 Å². The summed E-state index contributed by atoms with van der Waals surface area (Å²) in [7, 11) is 2.19. The van der Waals surface area contributed by atoms with E-state index in [0.717, 1.165) is 45.6 Å². The molecule has 0 aliphatic carbocycles. The van der Waals surface area contributed by atoms with E-state index in [1.54, 1.807) is 0 Å². The maximum Gasteiger partial charge on any atom is 0.0848 e. The van der Waals surface area contributed by atoms with Crippen molar-refractivity contribution < 1.29 is 0 Å². The van der Waals surface area contributed by atoms with Crippen LogP contribution in [0.1, 0.15) is 37.8 Å². The largest absolute Gasteiger partial charge is 0.304 e. The first kappa shape index (κ1) is 18.0. The average molecular weight is 313 g/mol. The summed E-state index contributed by atoms with van der Waals surface area (Å²) in [4.78, 5) is 4.93. The highest BCUT2D eigenvalue weighted by Crippen LogP contribution is 2.38. The van der Waals surface area contributed by atoms with Crippen LogP contribution in [0.4, 0.5) is 0 Å². The normalized spacial score (nSPS) is 19.5. The first-order chi connectivity index (χ1) is 11.0. The Morgan fingerprint density at radius 1 is 1.17 bits per heavy atom. The van der Waals surface area contributed by atoms with Crippen molar-refractivity contribution in [1.29, 1.82) is 5.26 Å². The average Bonchev–Trinajstić information content (AvgIpc) is 2.54. The molecule has 1 aliphatic rings. The lowest BCUT2D eigenvalue weighted by Crippen LogP contribution is -2.45. The SMILES string of the molecule is Cc1ccccc1C(C#N)(CCCN1CCN(C)CC1)C(C)C. The fourth-order valence-corrected chi connectivity index (χ4v) is 3.71. The molecule has 1 unspecified atom stereocenters. The molecule has 1 fully saturated rings. The fourth-order valence-electron chi connectivity index (χ4n) is 3.71. The van der Waals surface area contributed by atoms with Gasteiger partial charge in [0.1, 0.15) is 0 Å². The second kappa shape index (κ2) is 7.95. The molecule has 126 valence electrons. The second-order valence-corrected chi connectivity index (χ2v) is 7.30. The fraction of sp³-hybridized carbons (Fsp3) is 0.650. The van der Waals surface area contributed by atoms with Gasteiger partial charge in [0.2, 0.25) is 0 Å². The van der Waals surface area contributed by atoms with Crippen LogP contribution in [-0.2, 0) is 5.41 Å². The second-order valence-electron chi connectivity index (χ2n) is 7.30. The van der Waals surface area contributed by atoms with Crippen LogP contribution < -0.4 is 0 Å². The van der Waals surface area contributed by atoms with E-state index in [2.05, 4.69) is 68.0 Å². The molecule has 1 heterocycles. The van der Waals surface area contributed by atoms with Crippen LogP contribution in [0.25, 0.3) is 0 Å². The van der Waals surface area contributed by atoms with E-state index < -0.39 is 0 Å². The topological polar surface area (TPSA) is 30.3 Å². The lowest BCUT2D eigenvalue weighted by atomic mass is 9.68. The van der Waals surface area contributed by atoms with Crippen molar-refractivity contribution in [3.63, 3.8) is 0 Å². The highest BCUT2D eigenvalue weighted by atomic mass is 15.2. The molecule has 23 heavy (non-hydrogen) atoms. The van der Waals surface area contributed by atoms with Crippen LogP contribution in [0, 0.1) is 24.2 Å². The summed E-state index contributed by atoms with van der Waals surface area (Å²) < 4.78 is 0. The molecule has 2 rings (SSSR count). The van der Waals surface area contributed by atoms with Crippen LogP contribution >= 0.6 is 0 Å². The van der Waals surface area contributed by atoms with Gasteiger partial charge in [0, 0.05) is 26.2 Å². The number of hydrogen-bond acceptors (Lipinski definition) is 3. The Hall–Kier alpha value is -1.37. The first-order valence-corrected chi connectivity index (χ1v) is 8.88. The monoisotopic (exact) mass is 313 g/mol. The molecule has 1 atom stereocenters. The van der Waals surface area contributed by atoms with E-state index >= 15 is 0 Å². The quantitative estimate of drug-likeness (QED) is 0.806. The molecule has 0 N–H and O–H groups in total. The molecule has 0 aromatic heterocycles. The summed E-state index contributed by atoms with van der Waals surface area (Å²) in [5.41, 5.74) is 2.09. The molecule has 1 aliphatic heterocycles. The van der Waals surface area contributed by atoms with Gasteiger partial charge in [-0.2, -0.15) is 5.26 Å². The molecule has 0 bridgehead atoms. The molecule has 3 nitrogen and oxygen atoms in total. The number of aryl methyl sites for hydroxylation is 1. The van der Waals surface area contributed by atoms with E-state index in [4.69, 9.17) is 0 Å². The molecule has 0 amide bonds. The highest BCUT2D eigenvalue weighted by molar-refractivity contribution is 5.39. The summed E-state index contributed by atoms with van der Waals surface area (Å²) in [6.45, 7) is 12.2. The van der Waals surface area contributed by atoms with Gasteiger partial charge >= 0.3 is 0 Å². The Morgan fingerprint density at radius 2 is 1.83 bits per heavy atom. The van der Waals surface area contributed by atoms with Crippen LogP contribution in [-0.4, -0.2) is 49.6 Å². The predicted molar refractivity (Wildman–Crippen MR) is 96.5 cm³/mol. The van der Waals surface area contributed by atoms with Crippen molar-refractivity contribution in [1.82, 2.24) is 9.80 Å². The van der Waals surface area contributed by atoms with Crippen molar-refractivity contribution >= 4 is 0 Å². The van der Waals surface area contributed by atoms with Gasteiger partial charge in [-0.05, 0) is 50.4 Å².